The summed E-state index contributed by atoms with van der Waals surface area (Å²) < 4.78 is 17.2. The van der Waals surface area contributed by atoms with Crippen molar-refractivity contribution < 1.29 is 19.0 Å². The molecule has 28 heavy (non-hydrogen) atoms. The summed E-state index contributed by atoms with van der Waals surface area (Å²) in [6, 6.07) is 13.9. The summed E-state index contributed by atoms with van der Waals surface area (Å²) in [5.74, 6) is 1.28. The van der Waals surface area contributed by atoms with Crippen LogP contribution in [0.15, 0.2) is 46.9 Å². The number of benzene rings is 2. The molecule has 1 aliphatic heterocycles. The molecule has 0 radical (unpaired) electrons. The van der Waals surface area contributed by atoms with E-state index in [-0.39, 0.29) is 11.3 Å². The topological polar surface area (TPSA) is 56.8 Å². The number of halogens is 1. The molecule has 1 aliphatic rings. The number of methoxy groups -OCH3 is 2. The molecule has 1 amide bonds. The van der Waals surface area contributed by atoms with Crippen molar-refractivity contribution in [1.82, 2.24) is 5.32 Å². The predicted molar refractivity (Wildman–Crippen MR) is 112 cm³/mol. The smallest absolute Gasteiger partial charge is 0.224 e. The van der Waals surface area contributed by atoms with E-state index >= 15 is 0 Å². The van der Waals surface area contributed by atoms with Crippen molar-refractivity contribution >= 4 is 21.8 Å². The minimum absolute atomic E-state index is 0.00640. The van der Waals surface area contributed by atoms with E-state index in [9.17, 15) is 4.79 Å². The number of hydrogen-bond donors (Lipinski definition) is 1. The summed E-state index contributed by atoms with van der Waals surface area (Å²) in [6.45, 7) is 2.01. The van der Waals surface area contributed by atoms with Crippen molar-refractivity contribution in [3.8, 4) is 11.5 Å². The zero-order valence-corrected chi connectivity index (χ0v) is 17.9. The van der Waals surface area contributed by atoms with Crippen LogP contribution in [0.4, 0.5) is 0 Å². The summed E-state index contributed by atoms with van der Waals surface area (Å²) in [5.41, 5.74) is 2.02. The lowest BCUT2D eigenvalue weighted by atomic mass is 9.74. The Balaban J connectivity index is 1.69. The van der Waals surface area contributed by atoms with Crippen LogP contribution in [0.25, 0.3) is 0 Å². The fourth-order valence-electron chi connectivity index (χ4n) is 3.65. The molecule has 0 aromatic heterocycles. The van der Waals surface area contributed by atoms with Crippen molar-refractivity contribution in [2.75, 3.05) is 34.0 Å². The maximum absolute atomic E-state index is 12.6. The molecule has 0 bridgehead atoms. The summed E-state index contributed by atoms with van der Waals surface area (Å²) in [4.78, 5) is 12.6. The van der Waals surface area contributed by atoms with Gasteiger partial charge in [0.05, 0.1) is 20.6 Å². The number of rotatable bonds is 7. The Kier molecular flexibility index (Phi) is 6.97. The molecule has 0 aliphatic carbocycles. The number of amides is 1. The zero-order valence-electron chi connectivity index (χ0n) is 16.3. The Morgan fingerprint density at radius 1 is 1.11 bits per heavy atom. The van der Waals surface area contributed by atoms with E-state index < -0.39 is 0 Å². The Labute approximate surface area is 174 Å². The van der Waals surface area contributed by atoms with Crippen molar-refractivity contribution in [1.29, 1.82) is 0 Å². The van der Waals surface area contributed by atoms with Crippen LogP contribution in [0.1, 0.15) is 24.0 Å². The van der Waals surface area contributed by atoms with Crippen molar-refractivity contribution in [3.63, 3.8) is 0 Å². The van der Waals surface area contributed by atoms with Gasteiger partial charge in [-0.05, 0) is 48.2 Å². The lowest BCUT2D eigenvalue weighted by Crippen LogP contribution is -2.45. The molecule has 0 spiro atoms. The Morgan fingerprint density at radius 3 is 2.54 bits per heavy atom. The van der Waals surface area contributed by atoms with E-state index in [1.165, 1.54) is 5.56 Å². The number of carbonyl (C=O) groups excluding carboxylic acids is 1. The molecule has 1 fully saturated rings. The lowest BCUT2D eigenvalue weighted by Gasteiger charge is -2.38. The van der Waals surface area contributed by atoms with E-state index in [4.69, 9.17) is 14.2 Å². The first-order valence-electron chi connectivity index (χ1n) is 9.38. The Hall–Kier alpha value is -2.05. The molecular weight excluding hydrogens is 422 g/mol. The van der Waals surface area contributed by atoms with Crippen LogP contribution in [0, 0.1) is 0 Å². The molecule has 0 unspecified atom stereocenters. The Bertz CT molecular complexity index is 818. The van der Waals surface area contributed by atoms with Crippen molar-refractivity contribution in [3.05, 3.63) is 58.1 Å². The monoisotopic (exact) mass is 447 g/mol. The van der Waals surface area contributed by atoms with Crippen LogP contribution in [0.3, 0.4) is 0 Å². The first-order chi connectivity index (χ1) is 13.6. The highest BCUT2D eigenvalue weighted by atomic mass is 79.9. The van der Waals surface area contributed by atoms with Gasteiger partial charge in [-0.2, -0.15) is 0 Å². The molecular formula is C22H26BrNO4. The van der Waals surface area contributed by atoms with Gasteiger partial charge in [-0.3, -0.25) is 4.79 Å². The molecule has 2 aromatic carbocycles. The molecule has 150 valence electrons. The van der Waals surface area contributed by atoms with E-state index in [0.717, 1.165) is 22.9 Å². The SMILES string of the molecule is COc1ccc(CC(=O)NCC2(c3cccc(Br)c3)CCOCC2)cc1OC. The third-order valence-electron chi connectivity index (χ3n) is 5.32. The number of nitrogens with one attached hydrogen (secondary N) is 1. The number of ether oxygens (including phenoxy) is 3. The normalized spacial score (nSPS) is 15.7. The summed E-state index contributed by atoms with van der Waals surface area (Å²) in [5, 5.41) is 3.14. The highest BCUT2D eigenvalue weighted by Crippen LogP contribution is 2.35. The molecule has 0 atom stereocenters. The third-order valence-corrected chi connectivity index (χ3v) is 5.82. The van der Waals surface area contributed by atoms with E-state index in [1.54, 1.807) is 14.2 Å². The quantitative estimate of drug-likeness (QED) is 0.699. The van der Waals surface area contributed by atoms with E-state index in [0.29, 0.717) is 37.7 Å². The van der Waals surface area contributed by atoms with Crippen LogP contribution in [0.2, 0.25) is 0 Å². The van der Waals surface area contributed by atoms with E-state index in [1.807, 2.05) is 30.3 Å². The van der Waals surface area contributed by atoms with Gasteiger partial charge >= 0.3 is 0 Å². The molecule has 5 nitrogen and oxygen atoms in total. The van der Waals surface area contributed by atoms with Crippen LogP contribution >= 0.6 is 15.9 Å². The molecule has 0 saturated carbocycles. The van der Waals surface area contributed by atoms with Crippen LogP contribution < -0.4 is 14.8 Å². The molecule has 3 rings (SSSR count). The minimum Gasteiger partial charge on any atom is -0.493 e. The fraction of sp³-hybridized carbons (Fsp3) is 0.409. The maximum atomic E-state index is 12.6. The maximum Gasteiger partial charge on any atom is 0.224 e. The second-order valence-electron chi connectivity index (χ2n) is 7.05. The van der Waals surface area contributed by atoms with Gasteiger partial charge in [0.1, 0.15) is 0 Å². The van der Waals surface area contributed by atoms with Crippen molar-refractivity contribution in [2.45, 2.75) is 24.7 Å². The zero-order chi connectivity index (χ0) is 20.0. The van der Waals surface area contributed by atoms with E-state index in [2.05, 4.69) is 33.4 Å². The van der Waals surface area contributed by atoms with Crippen molar-refractivity contribution in [2.24, 2.45) is 0 Å². The number of carbonyl (C=O) groups is 1. The third kappa shape index (κ3) is 4.86. The first kappa shape index (κ1) is 20.7. The highest BCUT2D eigenvalue weighted by molar-refractivity contribution is 9.10. The Morgan fingerprint density at radius 2 is 1.86 bits per heavy atom. The summed E-state index contributed by atoms with van der Waals surface area (Å²) in [6.07, 6.45) is 2.08. The molecule has 2 aromatic rings. The minimum atomic E-state index is -0.102. The van der Waals surface area contributed by atoms with Gasteiger partial charge in [0, 0.05) is 29.6 Å². The summed E-state index contributed by atoms with van der Waals surface area (Å²) >= 11 is 3.56. The van der Waals surface area contributed by atoms with Crippen LogP contribution in [-0.4, -0.2) is 39.9 Å². The largest absolute Gasteiger partial charge is 0.493 e. The van der Waals surface area contributed by atoms with Gasteiger partial charge in [0.15, 0.2) is 11.5 Å². The van der Waals surface area contributed by atoms with Gasteiger partial charge in [-0.1, -0.05) is 34.1 Å². The molecule has 1 saturated heterocycles. The molecule has 1 N–H and O–H groups in total. The standard InChI is InChI=1S/C22H26BrNO4/c1-26-19-7-6-16(12-20(19)27-2)13-21(25)24-15-22(8-10-28-11-9-22)17-4-3-5-18(23)14-17/h3-7,12,14H,8-11,13,15H2,1-2H3,(H,24,25). The molecule has 6 heteroatoms. The first-order valence-corrected chi connectivity index (χ1v) is 10.2. The van der Waals surface area contributed by atoms with Gasteiger partial charge in [0.25, 0.3) is 0 Å². The van der Waals surface area contributed by atoms with Gasteiger partial charge in [0.2, 0.25) is 5.91 Å². The number of hydrogen-bond acceptors (Lipinski definition) is 4. The predicted octanol–water partition coefficient (Wildman–Crippen LogP) is 3.87. The van der Waals surface area contributed by atoms with Gasteiger partial charge in [-0.25, -0.2) is 0 Å². The fourth-order valence-corrected chi connectivity index (χ4v) is 4.05. The van der Waals surface area contributed by atoms with Gasteiger partial charge < -0.3 is 19.5 Å². The second-order valence-corrected chi connectivity index (χ2v) is 7.96. The second kappa shape index (κ2) is 9.43. The average Bonchev–Trinajstić information content (AvgIpc) is 2.73. The van der Waals surface area contributed by atoms with Crippen LogP contribution in [0.5, 0.6) is 11.5 Å². The summed E-state index contributed by atoms with van der Waals surface area (Å²) in [7, 11) is 3.19. The molecule has 1 heterocycles. The van der Waals surface area contributed by atoms with Crippen LogP contribution in [-0.2, 0) is 21.4 Å². The average molecular weight is 448 g/mol. The van der Waals surface area contributed by atoms with Gasteiger partial charge in [-0.15, -0.1) is 0 Å². The lowest BCUT2D eigenvalue weighted by molar-refractivity contribution is -0.120. The highest BCUT2D eigenvalue weighted by Gasteiger charge is 2.35.